The number of hydrogen-bond acceptors (Lipinski definition) is 5. The van der Waals surface area contributed by atoms with Crippen LogP contribution in [0.2, 0.25) is 5.02 Å². The molecule has 3 aromatic carbocycles. The molecule has 0 aliphatic heterocycles. The van der Waals surface area contributed by atoms with Crippen LogP contribution >= 0.6 is 11.6 Å². The van der Waals surface area contributed by atoms with Crippen LogP contribution < -0.4 is 10.5 Å². The van der Waals surface area contributed by atoms with Gasteiger partial charge in [0.15, 0.2) is 0 Å². The van der Waals surface area contributed by atoms with E-state index in [4.69, 9.17) is 21.2 Å². The Bertz CT molecular complexity index is 1350. The molecule has 3 N–H and O–H groups in total. The van der Waals surface area contributed by atoms with Crippen LogP contribution in [-0.4, -0.2) is 19.2 Å². The summed E-state index contributed by atoms with van der Waals surface area (Å²) in [6.45, 7) is 0.911. The van der Waals surface area contributed by atoms with Gasteiger partial charge in [0.2, 0.25) is 10.0 Å². The number of hydrogen-bond donors (Lipinski definition) is 2. The number of benzene rings is 3. The molecule has 0 spiro atoms. The number of carbonyl (C=O) groups excluding carboxylic acids is 1. The Hall–Kier alpha value is -3.59. The number of halogens is 1. The number of primary sulfonamides is 1. The van der Waals surface area contributed by atoms with Crippen LogP contribution in [0.15, 0.2) is 101 Å². The molecule has 1 heterocycles. The van der Waals surface area contributed by atoms with Crippen LogP contribution in [0.1, 0.15) is 27.2 Å². The van der Waals surface area contributed by atoms with Crippen LogP contribution in [0, 0.1) is 0 Å². The maximum absolute atomic E-state index is 13.9. The number of anilines is 1. The maximum atomic E-state index is 13.9. The Morgan fingerprint density at radius 2 is 1.51 bits per heavy atom. The first-order valence-corrected chi connectivity index (χ1v) is 12.7. The summed E-state index contributed by atoms with van der Waals surface area (Å²) < 4.78 is 29.7. The van der Waals surface area contributed by atoms with E-state index in [0.717, 1.165) is 11.1 Å². The molecule has 180 valence electrons. The van der Waals surface area contributed by atoms with Gasteiger partial charge in [-0.2, -0.15) is 0 Å². The number of amides is 1. The van der Waals surface area contributed by atoms with E-state index in [-0.39, 0.29) is 27.9 Å². The molecule has 1 amide bonds. The Labute approximate surface area is 209 Å². The van der Waals surface area contributed by atoms with Crippen LogP contribution in [0.5, 0.6) is 0 Å². The van der Waals surface area contributed by atoms with E-state index in [1.54, 1.807) is 23.3 Å². The minimum atomic E-state index is -4.16. The highest BCUT2D eigenvalue weighted by Gasteiger charge is 2.25. The number of rotatable bonds is 9. The molecule has 1 aromatic heterocycles. The second-order valence-corrected chi connectivity index (χ2v) is 9.88. The first-order chi connectivity index (χ1) is 16.8. The van der Waals surface area contributed by atoms with Crippen LogP contribution in [0.3, 0.4) is 0 Å². The van der Waals surface area contributed by atoms with Crippen LogP contribution in [0.4, 0.5) is 5.69 Å². The summed E-state index contributed by atoms with van der Waals surface area (Å²) in [5.74, 6) is 0.265. The zero-order valence-corrected chi connectivity index (χ0v) is 20.3. The third-order valence-corrected chi connectivity index (χ3v) is 6.74. The lowest BCUT2D eigenvalue weighted by Crippen LogP contribution is -2.31. The molecule has 0 atom stereocenters. The average Bonchev–Trinajstić information content (AvgIpc) is 3.36. The summed E-state index contributed by atoms with van der Waals surface area (Å²) in [6.07, 6.45) is 1.54. The van der Waals surface area contributed by atoms with Gasteiger partial charge in [0.1, 0.15) is 10.7 Å². The van der Waals surface area contributed by atoms with E-state index < -0.39 is 10.0 Å². The number of sulfonamides is 1. The van der Waals surface area contributed by atoms with Crippen molar-refractivity contribution in [2.45, 2.75) is 24.5 Å². The Morgan fingerprint density at radius 1 is 0.914 bits per heavy atom. The Balaban J connectivity index is 1.75. The quantitative estimate of drug-likeness (QED) is 0.329. The fraction of sp³-hybridized carbons (Fsp3) is 0.115. The summed E-state index contributed by atoms with van der Waals surface area (Å²) in [6, 6.07) is 25.3. The lowest BCUT2D eigenvalue weighted by molar-refractivity contribution is 0.0730. The fourth-order valence-corrected chi connectivity index (χ4v) is 4.77. The second kappa shape index (κ2) is 10.8. The zero-order chi connectivity index (χ0) is 24.8. The lowest BCUT2D eigenvalue weighted by Gasteiger charge is -2.25. The normalized spacial score (nSPS) is 11.3. The van der Waals surface area contributed by atoms with Crippen LogP contribution in [0.25, 0.3) is 0 Å². The van der Waals surface area contributed by atoms with Crippen molar-refractivity contribution < 1.29 is 17.6 Å². The van der Waals surface area contributed by atoms with Gasteiger partial charge in [-0.1, -0.05) is 72.3 Å². The van der Waals surface area contributed by atoms with Crippen molar-refractivity contribution in [1.29, 1.82) is 0 Å². The fourth-order valence-electron chi connectivity index (χ4n) is 3.67. The van der Waals surface area contributed by atoms with Gasteiger partial charge in [-0.25, -0.2) is 13.6 Å². The Morgan fingerprint density at radius 3 is 2.03 bits per heavy atom. The smallest absolute Gasteiger partial charge is 0.256 e. The third-order valence-electron chi connectivity index (χ3n) is 5.36. The molecule has 0 fully saturated rings. The van der Waals surface area contributed by atoms with E-state index in [9.17, 15) is 13.2 Å². The molecule has 7 nitrogen and oxygen atoms in total. The predicted molar refractivity (Wildman–Crippen MR) is 135 cm³/mol. The molecule has 0 saturated heterocycles. The number of nitrogens with two attached hydrogens (primary N) is 1. The monoisotopic (exact) mass is 509 g/mol. The number of furan rings is 1. The van der Waals surface area contributed by atoms with Crippen molar-refractivity contribution in [2.24, 2.45) is 5.14 Å². The standard InChI is InChI=1S/C26H24ClN3O4S/c27-23-15-24(29-16-21-12-7-13-34-21)22(14-25(23)35(28,32)33)26(31)30(17-19-8-3-1-4-9-19)18-20-10-5-2-6-11-20/h1-15,29H,16-18H2,(H2,28,32,33). The first kappa shape index (κ1) is 24.5. The van der Waals surface area contributed by atoms with Crippen molar-refractivity contribution in [3.05, 3.63) is 119 Å². The molecule has 4 rings (SSSR count). The molecule has 9 heteroatoms. The summed E-state index contributed by atoms with van der Waals surface area (Å²) in [5.41, 5.74) is 2.37. The molecule has 0 unspecified atom stereocenters. The average molecular weight is 510 g/mol. The van der Waals surface area contributed by atoms with E-state index in [2.05, 4.69) is 5.32 Å². The SMILES string of the molecule is NS(=O)(=O)c1cc(C(=O)N(Cc2ccccc2)Cc2ccccc2)c(NCc2ccco2)cc1Cl. The van der Waals surface area contributed by atoms with Gasteiger partial charge in [0.25, 0.3) is 5.91 Å². The molecule has 0 radical (unpaired) electrons. The van der Waals surface area contributed by atoms with E-state index in [1.807, 2.05) is 60.7 Å². The summed E-state index contributed by atoms with van der Waals surface area (Å²) in [4.78, 5) is 15.2. The third kappa shape index (κ3) is 6.30. The highest BCUT2D eigenvalue weighted by molar-refractivity contribution is 7.89. The van der Waals surface area contributed by atoms with Gasteiger partial charge in [-0.3, -0.25) is 4.79 Å². The highest BCUT2D eigenvalue weighted by atomic mass is 35.5. The second-order valence-electron chi connectivity index (χ2n) is 7.94. The van der Waals surface area contributed by atoms with E-state index in [1.165, 1.54) is 12.1 Å². The topological polar surface area (TPSA) is 106 Å². The number of nitrogens with zero attached hydrogens (tertiary/aromatic N) is 1. The minimum absolute atomic E-state index is 0.0799. The molecule has 0 aliphatic carbocycles. The van der Waals surface area contributed by atoms with E-state index >= 15 is 0 Å². The van der Waals surface area contributed by atoms with Crippen molar-refractivity contribution in [3.63, 3.8) is 0 Å². The summed E-state index contributed by atoms with van der Waals surface area (Å²) in [7, 11) is -4.16. The van der Waals surface area contributed by atoms with Gasteiger partial charge in [-0.05, 0) is 35.4 Å². The molecular formula is C26H24ClN3O4S. The van der Waals surface area contributed by atoms with Crippen molar-refractivity contribution in [1.82, 2.24) is 4.90 Å². The molecular weight excluding hydrogens is 486 g/mol. The molecule has 0 bridgehead atoms. The minimum Gasteiger partial charge on any atom is -0.467 e. The van der Waals surface area contributed by atoms with Crippen molar-refractivity contribution >= 4 is 33.2 Å². The van der Waals surface area contributed by atoms with Crippen molar-refractivity contribution in [3.8, 4) is 0 Å². The summed E-state index contributed by atoms with van der Waals surface area (Å²) >= 11 is 6.24. The zero-order valence-electron chi connectivity index (χ0n) is 18.7. The van der Waals surface area contributed by atoms with Crippen molar-refractivity contribution in [2.75, 3.05) is 5.32 Å². The molecule has 0 aliphatic rings. The highest BCUT2D eigenvalue weighted by Crippen LogP contribution is 2.30. The Kier molecular flexibility index (Phi) is 7.55. The lowest BCUT2D eigenvalue weighted by atomic mass is 10.1. The van der Waals surface area contributed by atoms with Gasteiger partial charge < -0.3 is 14.6 Å². The molecule has 35 heavy (non-hydrogen) atoms. The largest absolute Gasteiger partial charge is 0.467 e. The maximum Gasteiger partial charge on any atom is 0.256 e. The first-order valence-electron chi connectivity index (χ1n) is 10.8. The van der Waals surface area contributed by atoms with Gasteiger partial charge in [-0.15, -0.1) is 0 Å². The van der Waals surface area contributed by atoms with E-state index in [0.29, 0.717) is 24.5 Å². The molecule has 0 saturated carbocycles. The number of nitrogens with one attached hydrogen (secondary N) is 1. The predicted octanol–water partition coefficient (Wildman–Crippen LogP) is 5.04. The van der Waals surface area contributed by atoms with Gasteiger partial charge in [0.05, 0.1) is 23.4 Å². The van der Waals surface area contributed by atoms with Gasteiger partial charge >= 0.3 is 0 Å². The number of carbonyl (C=O) groups is 1. The summed E-state index contributed by atoms with van der Waals surface area (Å²) in [5, 5.41) is 8.44. The van der Waals surface area contributed by atoms with Crippen LogP contribution in [-0.2, 0) is 29.7 Å². The van der Waals surface area contributed by atoms with Gasteiger partial charge in [0, 0.05) is 18.8 Å². The molecule has 4 aromatic rings.